The zero-order valence-corrected chi connectivity index (χ0v) is 14.6. The van der Waals surface area contributed by atoms with Gasteiger partial charge in [-0.15, -0.1) is 0 Å². The van der Waals surface area contributed by atoms with Gasteiger partial charge in [0.15, 0.2) is 0 Å². The summed E-state index contributed by atoms with van der Waals surface area (Å²) < 4.78 is 25.4. The number of anilines is 2. The molecule has 1 aliphatic rings. The third-order valence-corrected chi connectivity index (χ3v) is 5.90. The first-order valence-corrected chi connectivity index (χ1v) is 9.85. The minimum atomic E-state index is -3.23. The number of nitrogens with one attached hydrogen (secondary N) is 2. The molecule has 2 N–H and O–H groups in total. The van der Waals surface area contributed by atoms with Crippen molar-refractivity contribution in [3.63, 3.8) is 0 Å². The summed E-state index contributed by atoms with van der Waals surface area (Å²) in [7, 11) is -3.23. The Morgan fingerprint density at radius 2 is 1.88 bits per heavy atom. The van der Waals surface area contributed by atoms with Gasteiger partial charge in [0.2, 0.25) is 10.0 Å². The Labute approximate surface area is 147 Å². The van der Waals surface area contributed by atoms with Crippen LogP contribution in [0.3, 0.4) is 0 Å². The Morgan fingerprint density at radius 1 is 1.08 bits per heavy atom. The second kappa shape index (κ2) is 7.57. The first-order valence-electron chi connectivity index (χ1n) is 8.24. The number of nitrogens with zero attached hydrogens (tertiary/aromatic N) is 1. The van der Waals surface area contributed by atoms with Crippen molar-refractivity contribution in [3.8, 4) is 0 Å². The predicted octanol–water partition coefficient (Wildman–Crippen LogP) is 2.59. The zero-order valence-electron chi connectivity index (χ0n) is 13.8. The molecule has 0 saturated carbocycles. The van der Waals surface area contributed by atoms with Crippen molar-refractivity contribution in [2.45, 2.75) is 12.8 Å². The maximum atomic E-state index is 12.0. The molecule has 3 rings (SSSR count). The van der Waals surface area contributed by atoms with Crippen molar-refractivity contribution in [1.82, 2.24) is 5.32 Å². The fourth-order valence-corrected chi connectivity index (χ4v) is 4.36. The van der Waals surface area contributed by atoms with E-state index in [0.717, 1.165) is 12.0 Å². The molecule has 1 heterocycles. The van der Waals surface area contributed by atoms with Crippen LogP contribution in [-0.2, 0) is 16.4 Å². The van der Waals surface area contributed by atoms with E-state index in [2.05, 4.69) is 10.6 Å². The molecule has 0 spiro atoms. The van der Waals surface area contributed by atoms with Gasteiger partial charge in [0.25, 0.3) is 0 Å². The van der Waals surface area contributed by atoms with E-state index in [9.17, 15) is 13.2 Å². The standard InChI is InChI=1S/C18H21N3O3S/c22-18(19-11-10-15-6-2-1-3-7-15)20-16-8-4-9-17(14-16)21-12-5-13-25(21,23)24/h1-4,6-9,14H,5,10-13H2,(H2,19,20,22). The van der Waals surface area contributed by atoms with Gasteiger partial charge < -0.3 is 10.6 Å². The van der Waals surface area contributed by atoms with Gasteiger partial charge in [0.05, 0.1) is 11.4 Å². The third-order valence-electron chi connectivity index (χ3n) is 4.03. The van der Waals surface area contributed by atoms with E-state index >= 15 is 0 Å². The van der Waals surface area contributed by atoms with Crippen molar-refractivity contribution in [2.24, 2.45) is 0 Å². The third kappa shape index (κ3) is 4.51. The Hall–Kier alpha value is -2.54. The van der Waals surface area contributed by atoms with Crippen molar-refractivity contribution in [3.05, 3.63) is 60.2 Å². The van der Waals surface area contributed by atoms with Crippen LogP contribution in [0.1, 0.15) is 12.0 Å². The molecule has 25 heavy (non-hydrogen) atoms. The molecule has 0 aliphatic carbocycles. The smallest absolute Gasteiger partial charge is 0.319 e. The molecular formula is C18H21N3O3S. The van der Waals surface area contributed by atoms with Gasteiger partial charge in [-0.2, -0.15) is 0 Å². The van der Waals surface area contributed by atoms with E-state index in [0.29, 0.717) is 30.9 Å². The van der Waals surface area contributed by atoms with Crippen LogP contribution in [0.2, 0.25) is 0 Å². The summed E-state index contributed by atoms with van der Waals surface area (Å²) in [6.45, 7) is 1.01. The van der Waals surface area contributed by atoms with E-state index in [1.54, 1.807) is 24.3 Å². The Kier molecular flexibility index (Phi) is 5.23. The molecule has 0 atom stereocenters. The predicted molar refractivity (Wildman–Crippen MR) is 99.4 cm³/mol. The molecule has 1 saturated heterocycles. The van der Waals surface area contributed by atoms with Crippen LogP contribution in [0, 0.1) is 0 Å². The summed E-state index contributed by atoms with van der Waals surface area (Å²) in [4.78, 5) is 12.0. The zero-order chi connectivity index (χ0) is 17.7. The normalized spacial score (nSPS) is 15.8. The first kappa shape index (κ1) is 17.3. The number of carbonyl (C=O) groups excluding carboxylic acids is 1. The number of hydrogen-bond acceptors (Lipinski definition) is 3. The molecule has 132 valence electrons. The Morgan fingerprint density at radius 3 is 2.60 bits per heavy atom. The van der Waals surface area contributed by atoms with Crippen molar-refractivity contribution in [2.75, 3.05) is 28.5 Å². The van der Waals surface area contributed by atoms with Gasteiger partial charge >= 0.3 is 6.03 Å². The highest BCUT2D eigenvalue weighted by Gasteiger charge is 2.28. The maximum absolute atomic E-state index is 12.0. The summed E-state index contributed by atoms with van der Waals surface area (Å²) in [6, 6.07) is 16.5. The van der Waals surface area contributed by atoms with Crippen molar-refractivity contribution in [1.29, 1.82) is 0 Å². The number of benzene rings is 2. The topological polar surface area (TPSA) is 78.5 Å². The lowest BCUT2D eigenvalue weighted by Gasteiger charge is -2.18. The van der Waals surface area contributed by atoms with Crippen LogP contribution < -0.4 is 14.9 Å². The minimum absolute atomic E-state index is 0.171. The van der Waals surface area contributed by atoms with Crippen LogP contribution in [0.4, 0.5) is 16.2 Å². The minimum Gasteiger partial charge on any atom is -0.338 e. The molecule has 6 nitrogen and oxygen atoms in total. The molecule has 1 aliphatic heterocycles. The SMILES string of the molecule is O=C(NCCc1ccccc1)Nc1cccc(N2CCCS2(=O)=O)c1. The van der Waals surface area contributed by atoms with E-state index in [1.165, 1.54) is 4.31 Å². The van der Waals surface area contributed by atoms with Crippen LogP contribution >= 0.6 is 0 Å². The Balaban J connectivity index is 1.56. The van der Waals surface area contributed by atoms with Gasteiger partial charge in [-0.3, -0.25) is 4.31 Å². The average Bonchev–Trinajstić information content (AvgIpc) is 2.95. The maximum Gasteiger partial charge on any atom is 0.319 e. The van der Waals surface area contributed by atoms with Crippen LogP contribution in [-0.4, -0.2) is 33.3 Å². The second-order valence-corrected chi connectivity index (χ2v) is 7.92. The largest absolute Gasteiger partial charge is 0.338 e. The van der Waals surface area contributed by atoms with E-state index < -0.39 is 10.0 Å². The molecule has 0 aromatic heterocycles. The number of rotatable bonds is 5. The molecule has 0 bridgehead atoms. The number of amides is 2. The number of urea groups is 1. The van der Waals surface area contributed by atoms with Crippen LogP contribution in [0.5, 0.6) is 0 Å². The second-order valence-electron chi connectivity index (χ2n) is 5.91. The van der Waals surface area contributed by atoms with Gasteiger partial charge in [-0.05, 0) is 36.6 Å². The lowest BCUT2D eigenvalue weighted by Crippen LogP contribution is -2.30. The van der Waals surface area contributed by atoms with E-state index in [4.69, 9.17) is 0 Å². The van der Waals surface area contributed by atoms with Gasteiger partial charge in [0, 0.05) is 18.8 Å². The van der Waals surface area contributed by atoms with Crippen molar-refractivity contribution >= 4 is 27.4 Å². The fraction of sp³-hybridized carbons (Fsp3) is 0.278. The molecule has 2 aromatic carbocycles. The van der Waals surface area contributed by atoms with Crippen LogP contribution in [0.15, 0.2) is 54.6 Å². The quantitative estimate of drug-likeness (QED) is 0.861. The van der Waals surface area contributed by atoms with E-state index in [1.807, 2.05) is 30.3 Å². The fourth-order valence-electron chi connectivity index (χ4n) is 2.81. The van der Waals surface area contributed by atoms with E-state index in [-0.39, 0.29) is 11.8 Å². The summed E-state index contributed by atoms with van der Waals surface area (Å²) in [5.41, 5.74) is 2.31. The molecule has 0 unspecified atom stereocenters. The van der Waals surface area contributed by atoms with Gasteiger partial charge in [-0.1, -0.05) is 36.4 Å². The molecule has 2 aromatic rings. The van der Waals surface area contributed by atoms with Crippen LogP contribution in [0.25, 0.3) is 0 Å². The number of carbonyl (C=O) groups is 1. The number of hydrogen-bond donors (Lipinski definition) is 2. The summed E-state index contributed by atoms with van der Waals surface area (Å²) in [6.07, 6.45) is 1.38. The average molecular weight is 359 g/mol. The highest BCUT2D eigenvalue weighted by molar-refractivity contribution is 7.93. The molecule has 2 amide bonds. The highest BCUT2D eigenvalue weighted by Crippen LogP contribution is 2.26. The Bertz CT molecular complexity index is 838. The highest BCUT2D eigenvalue weighted by atomic mass is 32.2. The van der Waals surface area contributed by atoms with Crippen molar-refractivity contribution < 1.29 is 13.2 Å². The van der Waals surface area contributed by atoms with Gasteiger partial charge in [0.1, 0.15) is 0 Å². The molecular weight excluding hydrogens is 338 g/mol. The van der Waals surface area contributed by atoms with Gasteiger partial charge in [-0.25, -0.2) is 13.2 Å². The summed E-state index contributed by atoms with van der Waals surface area (Å²) >= 11 is 0. The lowest BCUT2D eigenvalue weighted by atomic mass is 10.1. The molecule has 0 radical (unpaired) electrons. The first-order chi connectivity index (χ1) is 12.0. The summed E-state index contributed by atoms with van der Waals surface area (Å²) in [5.74, 6) is 0.171. The molecule has 1 fully saturated rings. The summed E-state index contributed by atoms with van der Waals surface area (Å²) in [5, 5.41) is 5.55. The lowest BCUT2D eigenvalue weighted by molar-refractivity contribution is 0.252. The number of sulfonamides is 1. The molecule has 7 heteroatoms. The monoisotopic (exact) mass is 359 g/mol.